The first-order chi connectivity index (χ1) is 21.2. The van der Waals surface area contributed by atoms with Crippen molar-refractivity contribution in [3.63, 3.8) is 0 Å². The Hall–Kier alpha value is -4.87. The summed E-state index contributed by atoms with van der Waals surface area (Å²) in [6.07, 6.45) is 3.24. The molecule has 12 nitrogen and oxygen atoms in total. The highest BCUT2D eigenvalue weighted by molar-refractivity contribution is 5.99. The lowest BCUT2D eigenvalue weighted by Crippen LogP contribution is -2.48. The van der Waals surface area contributed by atoms with Gasteiger partial charge in [0.05, 0.1) is 23.6 Å². The number of nitrogens with zero attached hydrogens (tertiary/aromatic N) is 2. The highest BCUT2D eigenvalue weighted by atomic mass is 16.5. The van der Waals surface area contributed by atoms with Crippen LogP contribution in [0.3, 0.4) is 0 Å². The fourth-order valence-corrected chi connectivity index (χ4v) is 4.65. The van der Waals surface area contributed by atoms with Gasteiger partial charge in [-0.05, 0) is 74.8 Å². The molecule has 242 valence electrons. The third kappa shape index (κ3) is 11.3. The van der Waals surface area contributed by atoms with E-state index in [1.54, 1.807) is 32.0 Å². The van der Waals surface area contributed by atoms with Gasteiger partial charge in [-0.1, -0.05) is 32.9 Å². The van der Waals surface area contributed by atoms with Gasteiger partial charge in [-0.3, -0.25) is 9.59 Å². The number of amides is 2. The summed E-state index contributed by atoms with van der Waals surface area (Å²) in [5.74, 6) is -1.97. The van der Waals surface area contributed by atoms with Crippen LogP contribution in [-0.4, -0.2) is 68.8 Å². The van der Waals surface area contributed by atoms with Gasteiger partial charge in [-0.2, -0.15) is 0 Å². The number of hydrogen-bond donors (Lipinski definition) is 6. The molecule has 0 aliphatic heterocycles. The van der Waals surface area contributed by atoms with Gasteiger partial charge in [-0.15, -0.1) is 0 Å². The zero-order valence-corrected chi connectivity index (χ0v) is 26.4. The minimum Gasteiger partial charge on any atom is -0.508 e. The van der Waals surface area contributed by atoms with E-state index in [0.29, 0.717) is 36.2 Å². The monoisotopic (exact) mass is 621 g/mol. The molecule has 0 fully saturated rings. The van der Waals surface area contributed by atoms with E-state index in [4.69, 9.17) is 4.74 Å². The Balaban J connectivity index is 1.56. The van der Waals surface area contributed by atoms with Crippen molar-refractivity contribution in [1.82, 2.24) is 20.6 Å². The van der Waals surface area contributed by atoms with E-state index in [-0.39, 0.29) is 28.0 Å². The summed E-state index contributed by atoms with van der Waals surface area (Å²) in [4.78, 5) is 46.6. The number of rotatable bonds is 15. The van der Waals surface area contributed by atoms with E-state index in [9.17, 15) is 29.7 Å². The van der Waals surface area contributed by atoms with Crippen molar-refractivity contribution in [2.45, 2.75) is 66.3 Å². The number of nitrogens with one attached hydrogen (secondary N) is 3. The zero-order valence-electron chi connectivity index (χ0n) is 26.4. The number of aliphatic carboxylic acids is 1. The predicted octanol–water partition coefficient (Wildman–Crippen LogP) is 4.37. The summed E-state index contributed by atoms with van der Waals surface area (Å²) < 4.78 is 5.70. The van der Waals surface area contributed by atoms with Crippen molar-refractivity contribution in [2.75, 3.05) is 25.0 Å². The molecular formula is C33H43N5O7. The van der Waals surface area contributed by atoms with E-state index in [0.717, 1.165) is 31.2 Å². The molecule has 0 spiro atoms. The van der Waals surface area contributed by atoms with Gasteiger partial charge in [0, 0.05) is 24.7 Å². The van der Waals surface area contributed by atoms with Crippen LogP contribution in [0.5, 0.6) is 17.2 Å². The van der Waals surface area contributed by atoms with Crippen LogP contribution in [0.15, 0.2) is 42.5 Å². The van der Waals surface area contributed by atoms with Crippen LogP contribution < -0.4 is 20.7 Å². The number of carboxylic acid groups (broad SMARTS) is 1. The van der Waals surface area contributed by atoms with Crippen molar-refractivity contribution in [3.8, 4) is 17.2 Å². The Kier molecular flexibility index (Phi) is 12.1. The van der Waals surface area contributed by atoms with E-state index in [2.05, 4.69) is 46.7 Å². The fourth-order valence-electron chi connectivity index (χ4n) is 4.65. The fraction of sp³-hybridized carbons (Fsp3) is 0.424. The number of aromatic nitrogens is 2. The maximum Gasteiger partial charge on any atom is 0.328 e. The number of benzene rings is 2. The number of hydrogen-bond acceptors (Lipinski definition) is 9. The maximum atomic E-state index is 13.1. The Labute approximate surface area is 263 Å². The quantitative estimate of drug-likeness (QED) is 0.133. The lowest BCUT2D eigenvalue weighted by Gasteiger charge is -2.18. The Bertz CT molecular complexity index is 1480. The summed E-state index contributed by atoms with van der Waals surface area (Å²) in [6.45, 7) is 10.2. The molecule has 6 N–H and O–H groups in total. The molecule has 0 unspecified atom stereocenters. The molecule has 0 radical (unpaired) electrons. The van der Waals surface area contributed by atoms with Crippen molar-refractivity contribution in [1.29, 1.82) is 0 Å². The average molecular weight is 622 g/mol. The number of phenols is 2. The van der Waals surface area contributed by atoms with Gasteiger partial charge in [0.2, 0.25) is 5.95 Å². The molecule has 2 aromatic carbocycles. The normalized spacial score (nSPS) is 11.8. The molecule has 2 amide bonds. The van der Waals surface area contributed by atoms with Crippen LogP contribution >= 0.6 is 0 Å². The summed E-state index contributed by atoms with van der Waals surface area (Å²) in [5.41, 5.74) is 2.10. The largest absolute Gasteiger partial charge is 0.508 e. The standard InChI is InChI=1S/C33H43N5O7/c1-20-28(21(2)37-32(36-20)34-13-7-10-22-9-6-11-24(39)15-22)30(42)38-27(31(43)44)19-35-29(41)23-16-25(40)18-26(17-23)45-14-8-12-33(3,4)5/h6,9,11,15-18,27,39-40H,7-8,10,12-14,19H2,1-5H3,(H,35,41)(H,38,42)(H,43,44)(H,34,36,37)/t27-/m0/s1. The number of carbonyl (C=O) groups excluding carboxylic acids is 2. The van der Waals surface area contributed by atoms with Gasteiger partial charge >= 0.3 is 5.97 Å². The van der Waals surface area contributed by atoms with E-state index in [1.807, 2.05) is 6.07 Å². The molecule has 0 saturated carbocycles. The minimum atomic E-state index is -1.44. The van der Waals surface area contributed by atoms with E-state index < -0.39 is 30.4 Å². The molecule has 12 heteroatoms. The predicted molar refractivity (Wildman–Crippen MR) is 170 cm³/mol. The second-order valence-electron chi connectivity index (χ2n) is 12.1. The molecule has 0 aliphatic carbocycles. The third-order valence-corrected chi connectivity index (χ3v) is 6.90. The molecule has 3 aromatic rings. The van der Waals surface area contributed by atoms with Gasteiger partial charge in [0.15, 0.2) is 0 Å². The number of phenolic OH excluding ortho intramolecular Hbond substituents is 2. The van der Waals surface area contributed by atoms with Gasteiger partial charge in [0.25, 0.3) is 11.8 Å². The van der Waals surface area contributed by atoms with Crippen LogP contribution in [0.2, 0.25) is 0 Å². The molecule has 0 saturated heterocycles. The minimum absolute atomic E-state index is 0.0846. The van der Waals surface area contributed by atoms with E-state index in [1.165, 1.54) is 18.2 Å². The number of aromatic hydroxyl groups is 2. The summed E-state index contributed by atoms with van der Waals surface area (Å²) in [6, 6.07) is 9.72. The molecule has 1 heterocycles. The average Bonchev–Trinajstić information content (AvgIpc) is 2.94. The summed E-state index contributed by atoms with van der Waals surface area (Å²) in [5, 5.41) is 37.5. The van der Waals surface area contributed by atoms with Crippen LogP contribution in [-0.2, 0) is 11.2 Å². The Morgan fingerprint density at radius 3 is 2.29 bits per heavy atom. The SMILES string of the molecule is Cc1nc(NCCCc2cccc(O)c2)nc(C)c1C(=O)N[C@@H](CNC(=O)c1cc(O)cc(OCCCC(C)(C)C)c1)C(=O)O. The number of anilines is 1. The molecule has 0 bridgehead atoms. The van der Waals surface area contributed by atoms with Crippen molar-refractivity contribution in [2.24, 2.45) is 5.41 Å². The van der Waals surface area contributed by atoms with Gasteiger partial charge in [-0.25, -0.2) is 14.8 Å². The molecule has 0 aliphatic rings. The zero-order chi connectivity index (χ0) is 33.1. The second-order valence-corrected chi connectivity index (χ2v) is 12.1. The molecule has 1 aromatic heterocycles. The van der Waals surface area contributed by atoms with Crippen LogP contribution in [0.4, 0.5) is 5.95 Å². The highest BCUT2D eigenvalue weighted by Crippen LogP contribution is 2.24. The molecule has 1 atom stereocenters. The van der Waals surface area contributed by atoms with Crippen molar-refractivity contribution in [3.05, 3.63) is 70.5 Å². The van der Waals surface area contributed by atoms with E-state index >= 15 is 0 Å². The molecular weight excluding hydrogens is 578 g/mol. The maximum absolute atomic E-state index is 13.1. The lowest BCUT2D eigenvalue weighted by molar-refractivity contribution is -0.139. The number of carboxylic acids is 1. The van der Waals surface area contributed by atoms with Crippen molar-refractivity contribution < 1.29 is 34.4 Å². The Morgan fingerprint density at radius 1 is 0.933 bits per heavy atom. The third-order valence-electron chi connectivity index (χ3n) is 6.90. The van der Waals surface area contributed by atoms with Gasteiger partial charge < -0.3 is 36.0 Å². The van der Waals surface area contributed by atoms with Crippen molar-refractivity contribution >= 4 is 23.7 Å². The summed E-state index contributed by atoms with van der Waals surface area (Å²) >= 11 is 0. The number of carbonyl (C=O) groups is 3. The van der Waals surface area contributed by atoms with Gasteiger partial charge in [0.1, 0.15) is 23.3 Å². The first-order valence-corrected chi connectivity index (χ1v) is 14.9. The topological polar surface area (TPSA) is 183 Å². The Morgan fingerprint density at radius 2 is 1.64 bits per heavy atom. The van der Waals surface area contributed by atoms with Crippen LogP contribution in [0.1, 0.15) is 77.7 Å². The van der Waals surface area contributed by atoms with Crippen LogP contribution in [0.25, 0.3) is 0 Å². The lowest BCUT2D eigenvalue weighted by atomic mass is 9.91. The molecule has 45 heavy (non-hydrogen) atoms. The molecule has 3 rings (SSSR count). The smallest absolute Gasteiger partial charge is 0.328 e. The summed E-state index contributed by atoms with van der Waals surface area (Å²) in [7, 11) is 0. The highest BCUT2D eigenvalue weighted by Gasteiger charge is 2.25. The second kappa shape index (κ2) is 15.7. The van der Waals surface area contributed by atoms with Crippen LogP contribution in [0, 0.1) is 19.3 Å². The first-order valence-electron chi connectivity index (χ1n) is 14.9. The number of aryl methyl sites for hydroxylation is 3. The first kappa shape index (κ1) is 34.6. The number of ether oxygens (including phenoxy) is 1.